The summed E-state index contributed by atoms with van der Waals surface area (Å²) in [6, 6.07) is 6.94. The molecule has 130 valence electrons. The van der Waals surface area contributed by atoms with Gasteiger partial charge in [-0.2, -0.15) is 0 Å². The largest absolute Gasteiger partial charge is 0.490 e. The maximum absolute atomic E-state index is 12.3. The second-order valence-corrected chi connectivity index (χ2v) is 5.56. The average Bonchev–Trinajstić information content (AvgIpc) is 3.07. The fourth-order valence-electron chi connectivity index (χ4n) is 2.16. The Labute approximate surface area is 146 Å². The highest BCUT2D eigenvalue weighted by Gasteiger charge is 2.16. The second-order valence-electron chi connectivity index (χ2n) is 5.15. The number of amides is 1. The lowest BCUT2D eigenvalue weighted by atomic mass is 10.1. The van der Waals surface area contributed by atoms with Crippen molar-refractivity contribution in [3.05, 3.63) is 46.9 Å². The van der Waals surface area contributed by atoms with E-state index in [-0.39, 0.29) is 5.91 Å². The molecule has 1 amide bonds. The van der Waals surface area contributed by atoms with Crippen LogP contribution in [0.25, 0.3) is 0 Å². The third-order valence-electron chi connectivity index (χ3n) is 3.26. The third-order valence-corrected chi connectivity index (χ3v) is 3.54. The average molecular weight is 352 g/mol. The molecule has 0 aliphatic rings. The van der Waals surface area contributed by atoms with E-state index in [4.69, 9.17) is 25.5 Å². The van der Waals surface area contributed by atoms with E-state index in [1.54, 1.807) is 18.4 Å². The zero-order chi connectivity index (χ0) is 17.4. The van der Waals surface area contributed by atoms with Crippen molar-refractivity contribution in [2.45, 2.75) is 26.7 Å². The minimum absolute atomic E-state index is 0.216. The van der Waals surface area contributed by atoms with Crippen LogP contribution in [0.15, 0.2) is 34.9 Å². The van der Waals surface area contributed by atoms with E-state index in [2.05, 4.69) is 5.32 Å². The van der Waals surface area contributed by atoms with Crippen LogP contribution < -0.4 is 14.8 Å². The summed E-state index contributed by atoms with van der Waals surface area (Å²) >= 11 is 6.27. The minimum atomic E-state index is -0.216. The Morgan fingerprint density at radius 3 is 2.79 bits per heavy atom. The first kappa shape index (κ1) is 18.2. The summed E-state index contributed by atoms with van der Waals surface area (Å²) in [5.74, 6) is 1.57. The molecule has 0 aliphatic heterocycles. The van der Waals surface area contributed by atoms with Gasteiger partial charge in [0, 0.05) is 18.5 Å². The summed E-state index contributed by atoms with van der Waals surface area (Å²) in [7, 11) is 0. The van der Waals surface area contributed by atoms with Gasteiger partial charge in [-0.25, -0.2) is 0 Å². The fourth-order valence-corrected chi connectivity index (χ4v) is 2.43. The van der Waals surface area contributed by atoms with Crippen LogP contribution in [0.4, 0.5) is 0 Å². The Kier molecular flexibility index (Phi) is 7.00. The van der Waals surface area contributed by atoms with Gasteiger partial charge < -0.3 is 19.2 Å². The molecule has 0 aliphatic carbocycles. The highest BCUT2D eigenvalue weighted by atomic mass is 35.5. The van der Waals surface area contributed by atoms with E-state index < -0.39 is 0 Å². The first-order valence-corrected chi connectivity index (χ1v) is 8.43. The van der Waals surface area contributed by atoms with Crippen molar-refractivity contribution in [3.8, 4) is 11.5 Å². The van der Waals surface area contributed by atoms with E-state index in [1.807, 2.05) is 26.0 Å². The van der Waals surface area contributed by atoms with Crippen molar-refractivity contribution in [3.63, 3.8) is 0 Å². The number of hydrogen-bond acceptors (Lipinski definition) is 4. The smallest absolute Gasteiger partial charge is 0.251 e. The number of carbonyl (C=O) groups excluding carboxylic acids is 1. The molecule has 0 bridgehead atoms. The van der Waals surface area contributed by atoms with Crippen molar-refractivity contribution < 1.29 is 18.7 Å². The first-order chi connectivity index (χ1) is 11.7. The van der Waals surface area contributed by atoms with Crippen LogP contribution in [-0.4, -0.2) is 25.7 Å². The van der Waals surface area contributed by atoms with E-state index >= 15 is 0 Å². The molecule has 1 N–H and O–H groups in total. The number of nitrogens with one attached hydrogen (secondary N) is 1. The number of furan rings is 1. The Morgan fingerprint density at radius 2 is 2.12 bits per heavy atom. The Morgan fingerprint density at radius 1 is 1.29 bits per heavy atom. The Balaban J connectivity index is 2.06. The van der Waals surface area contributed by atoms with Crippen LogP contribution in [0, 0.1) is 0 Å². The minimum Gasteiger partial charge on any atom is -0.490 e. The lowest BCUT2D eigenvalue weighted by Crippen LogP contribution is -2.25. The number of halogens is 1. The molecule has 2 aromatic rings. The molecule has 0 radical (unpaired) electrons. The number of hydrogen-bond donors (Lipinski definition) is 1. The summed E-state index contributed by atoms with van der Waals surface area (Å²) in [5, 5.41) is 3.21. The molecule has 6 heteroatoms. The maximum Gasteiger partial charge on any atom is 0.251 e. The van der Waals surface area contributed by atoms with Crippen LogP contribution in [0.5, 0.6) is 11.5 Å². The van der Waals surface area contributed by atoms with E-state index in [0.717, 1.165) is 12.2 Å². The SMILES string of the molecule is CCCOc1c(Cl)cc(C(=O)NCCc2ccco2)cc1OCC. The molecule has 0 spiro atoms. The van der Waals surface area contributed by atoms with Gasteiger partial charge in [0.2, 0.25) is 0 Å². The maximum atomic E-state index is 12.3. The van der Waals surface area contributed by atoms with Crippen molar-refractivity contribution in [2.75, 3.05) is 19.8 Å². The predicted molar refractivity (Wildman–Crippen MR) is 93.2 cm³/mol. The Bertz CT molecular complexity index is 655. The molecule has 0 saturated carbocycles. The monoisotopic (exact) mass is 351 g/mol. The number of ether oxygens (including phenoxy) is 2. The van der Waals surface area contributed by atoms with E-state index in [1.165, 1.54) is 0 Å². The molecule has 1 aromatic heterocycles. The second kappa shape index (κ2) is 9.23. The summed E-state index contributed by atoms with van der Waals surface area (Å²) in [4.78, 5) is 12.3. The van der Waals surface area contributed by atoms with Gasteiger partial charge in [0.25, 0.3) is 5.91 Å². The number of carbonyl (C=O) groups is 1. The van der Waals surface area contributed by atoms with Crippen molar-refractivity contribution in [2.24, 2.45) is 0 Å². The molecule has 0 saturated heterocycles. The topological polar surface area (TPSA) is 60.7 Å². The van der Waals surface area contributed by atoms with Gasteiger partial charge in [-0.15, -0.1) is 0 Å². The van der Waals surface area contributed by atoms with Gasteiger partial charge in [-0.05, 0) is 37.6 Å². The van der Waals surface area contributed by atoms with Gasteiger partial charge in [0.05, 0.1) is 24.5 Å². The van der Waals surface area contributed by atoms with Gasteiger partial charge in [-0.3, -0.25) is 4.79 Å². The van der Waals surface area contributed by atoms with Gasteiger partial charge in [-0.1, -0.05) is 18.5 Å². The van der Waals surface area contributed by atoms with Crippen LogP contribution in [0.3, 0.4) is 0 Å². The highest BCUT2D eigenvalue weighted by Crippen LogP contribution is 2.36. The molecule has 5 nitrogen and oxygen atoms in total. The fraction of sp³-hybridized carbons (Fsp3) is 0.389. The van der Waals surface area contributed by atoms with Crippen molar-refractivity contribution >= 4 is 17.5 Å². The number of benzene rings is 1. The summed E-state index contributed by atoms with van der Waals surface area (Å²) in [5.41, 5.74) is 0.437. The lowest BCUT2D eigenvalue weighted by molar-refractivity contribution is 0.0953. The molecule has 2 rings (SSSR count). The normalized spacial score (nSPS) is 10.5. The number of rotatable bonds is 9. The Hall–Kier alpha value is -2.14. The molecule has 0 atom stereocenters. The quantitative estimate of drug-likeness (QED) is 0.739. The highest BCUT2D eigenvalue weighted by molar-refractivity contribution is 6.32. The standard InChI is InChI=1S/C18H22ClNO4/c1-3-9-24-17-15(19)11-13(12-16(17)22-4-2)18(21)20-8-7-14-6-5-10-23-14/h5-6,10-12H,3-4,7-9H2,1-2H3,(H,20,21). The summed E-state index contributed by atoms with van der Waals surface area (Å²) in [6.45, 7) is 5.35. The van der Waals surface area contributed by atoms with E-state index in [9.17, 15) is 4.79 Å². The first-order valence-electron chi connectivity index (χ1n) is 8.05. The lowest BCUT2D eigenvalue weighted by Gasteiger charge is -2.15. The molecule has 24 heavy (non-hydrogen) atoms. The van der Waals surface area contributed by atoms with Crippen LogP contribution in [-0.2, 0) is 6.42 Å². The predicted octanol–water partition coefficient (Wildman–Crippen LogP) is 4.09. The van der Waals surface area contributed by atoms with Gasteiger partial charge >= 0.3 is 0 Å². The van der Waals surface area contributed by atoms with Crippen molar-refractivity contribution in [1.82, 2.24) is 5.32 Å². The summed E-state index contributed by atoms with van der Waals surface area (Å²) < 4.78 is 16.4. The summed E-state index contributed by atoms with van der Waals surface area (Å²) in [6.07, 6.45) is 3.10. The van der Waals surface area contributed by atoms with E-state index in [0.29, 0.717) is 48.3 Å². The zero-order valence-electron chi connectivity index (χ0n) is 13.9. The zero-order valence-corrected chi connectivity index (χ0v) is 14.7. The molecule has 0 fully saturated rings. The van der Waals surface area contributed by atoms with Crippen molar-refractivity contribution in [1.29, 1.82) is 0 Å². The molecule has 1 heterocycles. The van der Waals surface area contributed by atoms with Gasteiger partial charge in [0.1, 0.15) is 5.76 Å². The molecular formula is C18H22ClNO4. The molecule has 0 unspecified atom stereocenters. The van der Waals surface area contributed by atoms with Crippen LogP contribution >= 0.6 is 11.6 Å². The third kappa shape index (κ3) is 4.93. The molecular weight excluding hydrogens is 330 g/mol. The molecule has 1 aromatic carbocycles. The van der Waals surface area contributed by atoms with Crippen LogP contribution in [0.1, 0.15) is 36.4 Å². The van der Waals surface area contributed by atoms with Gasteiger partial charge in [0.15, 0.2) is 11.5 Å². The van der Waals surface area contributed by atoms with Crippen LogP contribution in [0.2, 0.25) is 5.02 Å².